The van der Waals surface area contributed by atoms with Crippen LogP contribution in [0, 0.1) is 5.92 Å². The van der Waals surface area contributed by atoms with Crippen molar-refractivity contribution in [1.82, 2.24) is 10.4 Å². The zero-order chi connectivity index (χ0) is 21.0. The van der Waals surface area contributed by atoms with Crippen molar-refractivity contribution in [1.29, 1.82) is 0 Å². The van der Waals surface area contributed by atoms with Crippen LogP contribution in [0.5, 0.6) is 11.5 Å². The van der Waals surface area contributed by atoms with Crippen LogP contribution in [0.2, 0.25) is 0 Å². The summed E-state index contributed by atoms with van der Waals surface area (Å²) >= 11 is 0. The van der Waals surface area contributed by atoms with E-state index < -0.39 is 5.91 Å². The van der Waals surface area contributed by atoms with Gasteiger partial charge in [-0.2, -0.15) is 0 Å². The van der Waals surface area contributed by atoms with Gasteiger partial charge in [-0.1, -0.05) is 32.0 Å². The van der Waals surface area contributed by atoms with Crippen LogP contribution >= 0.6 is 0 Å². The molecule has 0 fully saturated rings. The molecular weight excluding hydrogens is 372 g/mol. The summed E-state index contributed by atoms with van der Waals surface area (Å²) in [4.78, 5) is 26.7. The number of carbonyl (C=O) groups excluding carboxylic acids is 2. The van der Waals surface area contributed by atoms with Gasteiger partial charge in [0.15, 0.2) is 0 Å². The van der Waals surface area contributed by atoms with Crippen LogP contribution in [-0.4, -0.2) is 41.7 Å². The van der Waals surface area contributed by atoms with Gasteiger partial charge in [0.25, 0.3) is 5.91 Å². The van der Waals surface area contributed by atoms with E-state index in [2.05, 4.69) is 13.8 Å². The van der Waals surface area contributed by atoms with Crippen molar-refractivity contribution < 1.29 is 24.3 Å². The summed E-state index contributed by atoms with van der Waals surface area (Å²) in [6.07, 6.45) is 0.285. The number of hydroxylamine groups is 1. The monoisotopic (exact) mass is 398 g/mol. The smallest absolute Gasteiger partial charge is 0.274 e. The Hall–Kier alpha value is -3.06. The molecule has 29 heavy (non-hydrogen) atoms. The molecule has 3 rings (SSSR count). The highest BCUT2D eigenvalue weighted by molar-refractivity contribution is 5.93. The van der Waals surface area contributed by atoms with E-state index in [9.17, 15) is 9.59 Å². The summed E-state index contributed by atoms with van der Waals surface area (Å²) in [7, 11) is 1.61. The molecule has 0 unspecified atom stereocenters. The summed E-state index contributed by atoms with van der Waals surface area (Å²) < 4.78 is 11.1. The first-order valence-corrected chi connectivity index (χ1v) is 9.55. The Morgan fingerprint density at radius 2 is 1.97 bits per heavy atom. The third kappa shape index (κ3) is 4.68. The maximum absolute atomic E-state index is 13.2. The fourth-order valence-electron chi connectivity index (χ4n) is 3.44. The number of amides is 2. The maximum Gasteiger partial charge on any atom is 0.274 e. The highest BCUT2D eigenvalue weighted by atomic mass is 16.5. The van der Waals surface area contributed by atoms with E-state index in [1.165, 1.54) is 0 Å². The van der Waals surface area contributed by atoms with Crippen molar-refractivity contribution in [2.45, 2.75) is 32.9 Å². The van der Waals surface area contributed by atoms with Crippen molar-refractivity contribution in [2.24, 2.45) is 5.92 Å². The molecule has 1 aliphatic heterocycles. The highest BCUT2D eigenvalue weighted by Crippen LogP contribution is 2.29. The first kappa shape index (κ1) is 20.7. The van der Waals surface area contributed by atoms with Gasteiger partial charge in [0.1, 0.15) is 18.1 Å². The van der Waals surface area contributed by atoms with Crippen LogP contribution in [0.1, 0.15) is 35.3 Å². The molecule has 2 aromatic rings. The van der Waals surface area contributed by atoms with Crippen LogP contribution in [0.4, 0.5) is 0 Å². The molecule has 0 saturated carbocycles. The summed E-state index contributed by atoms with van der Waals surface area (Å²) in [5, 5.41) is 8.85. The minimum absolute atomic E-state index is 0.0162. The molecule has 0 aromatic heterocycles. The Bertz CT molecular complexity index is 879. The normalized spacial score (nSPS) is 15.9. The quantitative estimate of drug-likeness (QED) is 0.597. The second-order valence-corrected chi connectivity index (χ2v) is 7.43. The summed E-state index contributed by atoms with van der Waals surface area (Å²) in [6, 6.07) is 12.3. The number of nitrogens with zero attached hydrogens (tertiary/aromatic N) is 1. The molecule has 0 saturated heterocycles. The third-order valence-corrected chi connectivity index (χ3v) is 5.19. The van der Waals surface area contributed by atoms with Gasteiger partial charge in [0.05, 0.1) is 19.6 Å². The van der Waals surface area contributed by atoms with Gasteiger partial charge in [0, 0.05) is 17.7 Å². The summed E-state index contributed by atoms with van der Waals surface area (Å²) in [5.41, 5.74) is 3.66. The van der Waals surface area contributed by atoms with E-state index in [0.29, 0.717) is 24.5 Å². The number of nitrogens with one attached hydrogen (secondary N) is 1. The van der Waals surface area contributed by atoms with E-state index in [4.69, 9.17) is 14.7 Å². The number of benzene rings is 2. The van der Waals surface area contributed by atoms with Gasteiger partial charge < -0.3 is 14.4 Å². The lowest BCUT2D eigenvalue weighted by molar-refractivity contribution is -0.135. The van der Waals surface area contributed by atoms with Crippen molar-refractivity contribution in [3.8, 4) is 11.5 Å². The van der Waals surface area contributed by atoms with Crippen LogP contribution < -0.4 is 15.0 Å². The predicted octanol–water partition coefficient (Wildman–Crippen LogP) is 2.80. The third-order valence-electron chi connectivity index (χ3n) is 5.19. The standard InChI is InChI=1S/C22H26N2O5/c1-14(2)19-13-29-20-11-16(22(26)23-27)6-7-17(20)12-24(19)21(25)10-15-4-8-18(28-3)9-5-15/h4-9,11,14,19,27H,10,12-13H2,1-3H3,(H,23,26)/t19-/m1/s1. The van der Waals surface area contributed by atoms with Gasteiger partial charge in [-0.15, -0.1) is 0 Å². The lowest BCUT2D eigenvalue weighted by Gasteiger charge is -2.32. The molecule has 0 radical (unpaired) electrons. The molecule has 0 bridgehead atoms. The maximum atomic E-state index is 13.2. The second-order valence-electron chi connectivity index (χ2n) is 7.43. The minimum Gasteiger partial charge on any atom is -0.497 e. The molecule has 2 amide bonds. The Labute approximate surface area is 170 Å². The van der Waals surface area contributed by atoms with Crippen LogP contribution in [-0.2, 0) is 17.8 Å². The molecule has 7 nitrogen and oxygen atoms in total. The topological polar surface area (TPSA) is 88.1 Å². The molecule has 1 aliphatic rings. The molecule has 0 aliphatic carbocycles. The molecule has 7 heteroatoms. The van der Waals surface area contributed by atoms with E-state index >= 15 is 0 Å². The Morgan fingerprint density at radius 3 is 2.59 bits per heavy atom. The van der Waals surface area contributed by atoms with E-state index in [1.807, 2.05) is 29.2 Å². The van der Waals surface area contributed by atoms with Crippen LogP contribution in [0.15, 0.2) is 42.5 Å². The number of carbonyl (C=O) groups is 2. The predicted molar refractivity (Wildman–Crippen MR) is 107 cm³/mol. The average molecular weight is 398 g/mol. The summed E-state index contributed by atoms with van der Waals surface area (Å²) in [6.45, 7) is 4.85. The zero-order valence-corrected chi connectivity index (χ0v) is 16.8. The number of ether oxygens (including phenoxy) is 2. The first-order valence-electron chi connectivity index (χ1n) is 9.55. The van der Waals surface area contributed by atoms with Gasteiger partial charge in [0.2, 0.25) is 5.91 Å². The van der Waals surface area contributed by atoms with E-state index in [0.717, 1.165) is 16.9 Å². The molecule has 1 heterocycles. The molecule has 0 spiro atoms. The largest absolute Gasteiger partial charge is 0.497 e. The Morgan fingerprint density at radius 1 is 1.24 bits per heavy atom. The summed E-state index contributed by atoms with van der Waals surface area (Å²) in [5.74, 6) is 0.915. The van der Waals surface area contributed by atoms with E-state index in [-0.39, 0.29) is 24.3 Å². The van der Waals surface area contributed by atoms with Crippen LogP contribution in [0.25, 0.3) is 0 Å². The minimum atomic E-state index is -0.603. The molecule has 2 aromatic carbocycles. The average Bonchev–Trinajstić information content (AvgIpc) is 2.93. The molecule has 154 valence electrons. The molecular formula is C22H26N2O5. The fourth-order valence-corrected chi connectivity index (χ4v) is 3.44. The SMILES string of the molecule is COc1ccc(CC(=O)N2Cc3ccc(C(=O)NO)cc3OC[C@@H]2C(C)C)cc1. The van der Waals surface area contributed by atoms with E-state index in [1.54, 1.807) is 30.8 Å². The van der Waals surface area contributed by atoms with Gasteiger partial charge in [-0.3, -0.25) is 14.8 Å². The number of methoxy groups -OCH3 is 1. The Kier molecular flexibility index (Phi) is 6.39. The van der Waals surface area contributed by atoms with Crippen LogP contribution in [0.3, 0.4) is 0 Å². The number of fused-ring (bicyclic) bond motifs is 1. The second kappa shape index (κ2) is 8.96. The number of hydrogen-bond donors (Lipinski definition) is 2. The molecule has 1 atom stereocenters. The van der Waals surface area contributed by atoms with Gasteiger partial charge in [-0.25, -0.2) is 5.48 Å². The zero-order valence-electron chi connectivity index (χ0n) is 16.8. The molecule has 2 N–H and O–H groups in total. The van der Waals surface area contributed by atoms with Crippen molar-refractivity contribution in [2.75, 3.05) is 13.7 Å². The lowest BCUT2D eigenvalue weighted by atomic mass is 10.0. The fraction of sp³-hybridized carbons (Fsp3) is 0.364. The van der Waals surface area contributed by atoms with Crippen molar-refractivity contribution in [3.63, 3.8) is 0 Å². The lowest BCUT2D eigenvalue weighted by Crippen LogP contribution is -2.45. The highest BCUT2D eigenvalue weighted by Gasteiger charge is 2.31. The number of rotatable bonds is 5. The number of hydrogen-bond acceptors (Lipinski definition) is 5. The van der Waals surface area contributed by atoms with Crippen molar-refractivity contribution >= 4 is 11.8 Å². The van der Waals surface area contributed by atoms with Crippen molar-refractivity contribution in [3.05, 3.63) is 59.2 Å². The first-order chi connectivity index (χ1) is 13.9. The van der Waals surface area contributed by atoms with Gasteiger partial charge >= 0.3 is 0 Å². The van der Waals surface area contributed by atoms with Gasteiger partial charge in [-0.05, 0) is 35.7 Å². The Balaban J connectivity index is 1.84.